The van der Waals surface area contributed by atoms with Crippen molar-refractivity contribution in [3.8, 4) is 0 Å². The van der Waals surface area contributed by atoms with E-state index in [4.69, 9.17) is 16.3 Å². The van der Waals surface area contributed by atoms with Gasteiger partial charge in [0.1, 0.15) is 11.0 Å². The Kier molecular flexibility index (Phi) is 4.61. The fraction of sp³-hybridized carbons (Fsp3) is 0.538. The van der Waals surface area contributed by atoms with Crippen LogP contribution in [0.4, 0.5) is 5.82 Å². The summed E-state index contributed by atoms with van der Waals surface area (Å²) in [6.07, 6.45) is 1.99. The molecule has 0 spiro atoms. The van der Waals surface area contributed by atoms with Gasteiger partial charge in [-0.2, -0.15) is 0 Å². The third-order valence-electron chi connectivity index (χ3n) is 3.18. The lowest BCUT2D eigenvalue weighted by molar-refractivity contribution is 0.0176. The van der Waals surface area contributed by atoms with Gasteiger partial charge < -0.3 is 15.4 Å². The van der Waals surface area contributed by atoms with E-state index in [0.717, 1.165) is 19.4 Å². The maximum Gasteiger partial charge on any atom is 0.251 e. The molecule has 0 radical (unpaired) electrons. The van der Waals surface area contributed by atoms with Gasteiger partial charge in [-0.05, 0) is 31.9 Å². The van der Waals surface area contributed by atoms with Gasteiger partial charge in [0.2, 0.25) is 0 Å². The van der Waals surface area contributed by atoms with Crippen LogP contribution in [0.3, 0.4) is 0 Å². The van der Waals surface area contributed by atoms with Crippen molar-refractivity contribution < 1.29 is 9.53 Å². The predicted molar refractivity (Wildman–Crippen MR) is 74.7 cm³/mol. The molecule has 0 atom stereocenters. The van der Waals surface area contributed by atoms with Crippen molar-refractivity contribution in [2.75, 3.05) is 19.0 Å². The molecule has 2 N–H and O–H groups in total. The zero-order valence-corrected chi connectivity index (χ0v) is 11.8. The van der Waals surface area contributed by atoms with E-state index in [1.54, 1.807) is 19.2 Å². The Labute approximate surface area is 117 Å². The summed E-state index contributed by atoms with van der Waals surface area (Å²) in [5.41, 5.74) is 0.525. The van der Waals surface area contributed by atoms with Crippen molar-refractivity contribution in [1.82, 2.24) is 10.3 Å². The number of methoxy groups -OCH3 is 1. The monoisotopic (exact) mass is 283 g/mol. The molecule has 0 aromatic carbocycles. The van der Waals surface area contributed by atoms with Gasteiger partial charge in [-0.15, -0.1) is 0 Å². The van der Waals surface area contributed by atoms with Crippen LogP contribution in [-0.2, 0) is 4.74 Å². The summed E-state index contributed by atoms with van der Waals surface area (Å²) in [5.74, 6) is 0.492. The summed E-state index contributed by atoms with van der Waals surface area (Å²) in [6.45, 7) is 2.69. The number of hydrogen-bond acceptors (Lipinski definition) is 4. The highest BCUT2D eigenvalue weighted by molar-refractivity contribution is 6.29. The topological polar surface area (TPSA) is 63.2 Å². The summed E-state index contributed by atoms with van der Waals surface area (Å²) < 4.78 is 5.18. The van der Waals surface area contributed by atoms with Crippen LogP contribution in [0.2, 0.25) is 5.15 Å². The standard InChI is InChI=1S/C13H18ClN3O2/c1-3-15-12-5-8(4-11(14)17-12)13(18)16-9-6-10(7-9)19-2/h4-5,9-10H,3,6-7H2,1-2H3,(H,15,17)(H,16,18). The third-order valence-corrected chi connectivity index (χ3v) is 3.37. The lowest BCUT2D eigenvalue weighted by atomic mass is 9.89. The number of aromatic nitrogens is 1. The van der Waals surface area contributed by atoms with Crippen LogP contribution in [0.5, 0.6) is 0 Å². The number of amides is 1. The number of rotatable bonds is 5. The van der Waals surface area contributed by atoms with E-state index in [9.17, 15) is 4.79 Å². The van der Waals surface area contributed by atoms with Gasteiger partial charge in [0, 0.05) is 25.3 Å². The smallest absolute Gasteiger partial charge is 0.251 e. The molecule has 5 nitrogen and oxygen atoms in total. The van der Waals surface area contributed by atoms with Crippen LogP contribution in [-0.4, -0.2) is 36.7 Å². The molecular weight excluding hydrogens is 266 g/mol. The number of nitrogens with zero attached hydrogens (tertiary/aromatic N) is 1. The molecule has 1 aromatic heterocycles. The van der Waals surface area contributed by atoms with Crippen LogP contribution in [0, 0.1) is 0 Å². The Morgan fingerprint density at radius 2 is 2.26 bits per heavy atom. The number of anilines is 1. The number of ether oxygens (including phenoxy) is 1. The third kappa shape index (κ3) is 3.58. The molecule has 2 rings (SSSR count). The van der Waals surface area contributed by atoms with Crippen molar-refractivity contribution in [3.63, 3.8) is 0 Å². The maximum absolute atomic E-state index is 12.1. The molecule has 6 heteroatoms. The molecule has 1 amide bonds. The summed E-state index contributed by atoms with van der Waals surface area (Å²) >= 11 is 5.91. The number of carbonyl (C=O) groups is 1. The first kappa shape index (κ1) is 14.1. The average Bonchev–Trinajstić information content (AvgIpc) is 2.32. The largest absolute Gasteiger partial charge is 0.381 e. The van der Waals surface area contributed by atoms with E-state index < -0.39 is 0 Å². The van der Waals surface area contributed by atoms with Crippen LogP contribution in [0.25, 0.3) is 0 Å². The number of pyridine rings is 1. The highest BCUT2D eigenvalue weighted by Gasteiger charge is 2.30. The van der Waals surface area contributed by atoms with Crippen LogP contribution in [0.15, 0.2) is 12.1 Å². The summed E-state index contributed by atoms with van der Waals surface area (Å²) in [7, 11) is 1.69. The van der Waals surface area contributed by atoms with Crippen molar-refractivity contribution in [3.05, 3.63) is 22.8 Å². The molecule has 0 bridgehead atoms. The minimum absolute atomic E-state index is 0.122. The summed E-state index contributed by atoms with van der Waals surface area (Å²) in [6, 6.07) is 3.47. The van der Waals surface area contributed by atoms with Gasteiger partial charge >= 0.3 is 0 Å². The summed E-state index contributed by atoms with van der Waals surface area (Å²) in [4.78, 5) is 16.2. The SMILES string of the molecule is CCNc1cc(C(=O)NC2CC(OC)C2)cc(Cl)n1. The highest BCUT2D eigenvalue weighted by atomic mass is 35.5. The van der Waals surface area contributed by atoms with E-state index in [1.165, 1.54) is 0 Å². The second-order valence-corrected chi connectivity index (χ2v) is 4.98. The zero-order chi connectivity index (χ0) is 13.8. The molecule has 1 saturated carbocycles. The molecule has 0 unspecified atom stereocenters. The predicted octanol–water partition coefficient (Wildman–Crippen LogP) is 2.07. The second-order valence-electron chi connectivity index (χ2n) is 4.59. The first-order valence-corrected chi connectivity index (χ1v) is 6.75. The van der Waals surface area contributed by atoms with E-state index in [0.29, 0.717) is 16.5 Å². The van der Waals surface area contributed by atoms with Crippen LogP contribution in [0.1, 0.15) is 30.1 Å². The molecule has 0 saturated heterocycles. The Balaban J connectivity index is 1.98. The fourth-order valence-corrected chi connectivity index (χ4v) is 2.25. The van der Waals surface area contributed by atoms with Crippen molar-refractivity contribution in [2.45, 2.75) is 31.9 Å². The molecule has 1 aliphatic carbocycles. The van der Waals surface area contributed by atoms with Gasteiger partial charge in [0.05, 0.1) is 6.10 Å². The number of carbonyl (C=O) groups excluding carboxylic acids is 1. The van der Waals surface area contributed by atoms with Crippen molar-refractivity contribution in [1.29, 1.82) is 0 Å². The van der Waals surface area contributed by atoms with E-state index >= 15 is 0 Å². The van der Waals surface area contributed by atoms with Crippen LogP contribution < -0.4 is 10.6 Å². The molecular formula is C13H18ClN3O2. The number of hydrogen-bond donors (Lipinski definition) is 2. The normalized spacial score (nSPS) is 21.6. The van der Waals surface area contributed by atoms with Gasteiger partial charge in [-0.3, -0.25) is 4.79 Å². The molecule has 19 heavy (non-hydrogen) atoms. The van der Waals surface area contributed by atoms with Crippen LogP contribution >= 0.6 is 11.6 Å². The van der Waals surface area contributed by atoms with Gasteiger partial charge in [-0.1, -0.05) is 11.6 Å². The van der Waals surface area contributed by atoms with Gasteiger partial charge in [0.25, 0.3) is 5.91 Å². The van der Waals surface area contributed by atoms with Gasteiger partial charge in [-0.25, -0.2) is 4.98 Å². The maximum atomic E-state index is 12.1. The van der Waals surface area contributed by atoms with E-state index in [-0.39, 0.29) is 18.1 Å². The first-order chi connectivity index (χ1) is 9.12. The molecule has 0 aliphatic heterocycles. The van der Waals surface area contributed by atoms with E-state index in [1.807, 2.05) is 6.92 Å². The zero-order valence-electron chi connectivity index (χ0n) is 11.1. The fourth-order valence-electron chi connectivity index (χ4n) is 2.04. The second kappa shape index (κ2) is 6.21. The lowest BCUT2D eigenvalue weighted by Gasteiger charge is -2.34. The van der Waals surface area contributed by atoms with Gasteiger partial charge in [0.15, 0.2) is 0 Å². The quantitative estimate of drug-likeness (QED) is 0.812. The Morgan fingerprint density at radius 3 is 2.89 bits per heavy atom. The molecule has 1 aromatic rings. The molecule has 104 valence electrons. The lowest BCUT2D eigenvalue weighted by Crippen LogP contribution is -2.47. The van der Waals surface area contributed by atoms with Crippen molar-refractivity contribution in [2.24, 2.45) is 0 Å². The minimum Gasteiger partial charge on any atom is -0.381 e. The Bertz CT molecular complexity index is 461. The average molecular weight is 284 g/mol. The molecule has 1 fully saturated rings. The summed E-state index contributed by atoms with van der Waals surface area (Å²) in [5, 5.41) is 6.32. The Hall–Kier alpha value is -1.33. The molecule has 1 aliphatic rings. The highest BCUT2D eigenvalue weighted by Crippen LogP contribution is 2.23. The number of nitrogens with one attached hydrogen (secondary N) is 2. The van der Waals surface area contributed by atoms with E-state index in [2.05, 4.69) is 15.6 Å². The van der Waals surface area contributed by atoms with Crippen molar-refractivity contribution >= 4 is 23.3 Å². The molecule has 1 heterocycles. The first-order valence-electron chi connectivity index (χ1n) is 6.37. The Morgan fingerprint density at radius 1 is 1.53 bits per heavy atom. The minimum atomic E-state index is -0.122. The number of halogens is 1.